The molecule has 4 rings (SSSR count). The molecular weight excluding hydrogens is 304 g/mol. The van der Waals surface area contributed by atoms with Crippen LogP contribution in [-0.2, 0) is 6.42 Å². The van der Waals surface area contributed by atoms with Gasteiger partial charge < -0.3 is 19.7 Å². The second kappa shape index (κ2) is 5.48. The summed E-state index contributed by atoms with van der Waals surface area (Å²) >= 11 is 0. The van der Waals surface area contributed by atoms with Crippen molar-refractivity contribution in [2.24, 2.45) is 0 Å². The van der Waals surface area contributed by atoms with Gasteiger partial charge in [-0.3, -0.25) is 0 Å². The number of ether oxygens (including phenoxy) is 2. The fourth-order valence-corrected chi connectivity index (χ4v) is 3.46. The van der Waals surface area contributed by atoms with Crippen LogP contribution in [0, 0.1) is 0 Å². The first-order valence-electron chi connectivity index (χ1n) is 8.15. The van der Waals surface area contributed by atoms with Crippen molar-refractivity contribution in [3.63, 3.8) is 0 Å². The Morgan fingerprint density at radius 2 is 1.96 bits per heavy atom. The summed E-state index contributed by atoms with van der Waals surface area (Å²) in [6.45, 7) is 4.58. The van der Waals surface area contributed by atoms with E-state index >= 15 is 0 Å². The van der Waals surface area contributed by atoms with Crippen LogP contribution >= 0.6 is 0 Å². The average Bonchev–Trinajstić information content (AvgIpc) is 2.92. The van der Waals surface area contributed by atoms with Gasteiger partial charge in [0.15, 0.2) is 0 Å². The van der Waals surface area contributed by atoms with Crippen molar-refractivity contribution in [1.29, 1.82) is 0 Å². The number of rotatable bonds is 2. The van der Waals surface area contributed by atoms with Crippen molar-refractivity contribution in [3.05, 3.63) is 58.7 Å². The van der Waals surface area contributed by atoms with E-state index in [1.54, 1.807) is 18.2 Å². The number of benzene rings is 2. The molecule has 4 nitrogen and oxygen atoms in total. The Balaban J connectivity index is 1.77. The van der Waals surface area contributed by atoms with Gasteiger partial charge in [0.2, 0.25) is 0 Å². The maximum Gasteiger partial charge on any atom is 0.138 e. The third kappa shape index (κ3) is 2.30. The van der Waals surface area contributed by atoms with E-state index in [1.807, 2.05) is 26.0 Å². The molecule has 124 valence electrons. The molecule has 0 unspecified atom stereocenters. The van der Waals surface area contributed by atoms with E-state index in [9.17, 15) is 10.2 Å². The lowest BCUT2D eigenvalue weighted by atomic mass is 9.88. The largest absolute Gasteiger partial charge is 0.508 e. The zero-order valence-electron chi connectivity index (χ0n) is 13.7. The van der Waals surface area contributed by atoms with Gasteiger partial charge in [0.05, 0.1) is 12.5 Å². The summed E-state index contributed by atoms with van der Waals surface area (Å²) in [7, 11) is 0. The number of hydrogen-bond donors (Lipinski definition) is 2. The highest BCUT2D eigenvalue weighted by atomic mass is 16.5. The molecule has 24 heavy (non-hydrogen) atoms. The monoisotopic (exact) mass is 324 g/mol. The van der Waals surface area contributed by atoms with E-state index in [0.717, 1.165) is 22.4 Å². The highest BCUT2D eigenvalue weighted by Gasteiger charge is 2.42. The van der Waals surface area contributed by atoms with E-state index in [4.69, 9.17) is 9.47 Å². The molecule has 2 heterocycles. The van der Waals surface area contributed by atoms with E-state index < -0.39 is 0 Å². The molecule has 2 aromatic carbocycles. The van der Waals surface area contributed by atoms with Gasteiger partial charge in [-0.25, -0.2) is 0 Å². The first-order chi connectivity index (χ1) is 11.5. The number of hydrogen-bond acceptors (Lipinski definition) is 4. The summed E-state index contributed by atoms with van der Waals surface area (Å²) in [5.74, 6) is 1.98. The number of fused-ring (bicyclic) bond motifs is 5. The Kier molecular flexibility index (Phi) is 3.41. The Hall–Kier alpha value is -2.62. The molecule has 0 fully saturated rings. The number of allylic oxidation sites excluding steroid dienone is 2. The molecule has 0 aromatic heterocycles. The van der Waals surface area contributed by atoms with Gasteiger partial charge in [-0.05, 0) is 38.5 Å². The first kappa shape index (κ1) is 14.9. The quantitative estimate of drug-likeness (QED) is 0.812. The Labute approximate surface area is 141 Å². The van der Waals surface area contributed by atoms with Crippen molar-refractivity contribution in [2.75, 3.05) is 6.61 Å². The number of aromatic hydroxyl groups is 2. The molecule has 0 radical (unpaired) electrons. The van der Waals surface area contributed by atoms with Crippen LogP contribution in [0.2, 0.25) is 0 Å². The third-order valence-corrected chi connectivity index (χ3v) is 4.71. The van der Waals surface area contributed by atoms with Crippen LogP contribution in [0.25, 0.3) is 0 Å². The zero-order valence-corrected chi connectivity index (χ0v) is 13.7. The summed E-state index contributed by atoms with van der Waals surface area (Å²) in [5.41, 5.74) is 4.04. The van der Waals surface area contributed by atoms with Crippen LogP contribution in [0.3, 0.4) is 0 Å². The number of phenols is 2. The second-order valence-electron chi connectivity index (χ2n) is 6.65. The number of phenolic OH excluding ortho intramolecular Hbond substituents is 2. The van der Waals surface area contributed by atoms with Crippen molar-refractivity contribution in [3.8, 4) is 23.0 Å². The van der Waals surface area contributed by atoms with Gasteiger partial charge in [0.25, 0.3) is 0 Å². The topological polar surface area (TPSA) is 58.9 Å². The summed E-state index contributed by atoms with van der Waals surface area (Å²) in [6, 6.07) is 8.79. The van der Waals surface area contributed by atoms with Crippen LogP contribution in [0.5, 0.6) is 23.0 Å². The normalized spacial score (nSPS) is 20.2. The molecule has 0 spiro atoms. The van der Waals surface area contributed by atoms with E-state index in [2.05, 4.69) is 6.08 Å². The predicted octanol–water partition coefficient (Wildman–Crippen LogP) is 4.22. The maximum absolute atomic E-state index is 10.3. The Morgan fingerprint density at radius 3 is 2.75 bits per heavy atom. The molecule has 2 atom stereocenters. The van der Waals surface area contributed by atoms with Gasteiger partial charge in [-0.1, -0.05) is 17.7 Å². The molecule has 2 aliphatic rings. The van der Waals surface area contributed by atoms with Crippen molar-refractivity contribution >= 4 is 0 Å². The standard InChI is InChI=1S/C20H20O4/c1-11(2)3-5-14-17(22)8-7-13-16-10-23-18-9-12(21)4-6-15(18)20(16)24-19(13)14/h3-4,6-9,16,20-22H,5,10H2,1-2H3/t16-,20-/m1/s1. The molecule has 2 aliphatic heterocycles. The molecule has 0 saturated heterocycles. The van der Waals surface area contributed by atoms with Crippen molar-refractivity contribution in [2.45, 2.75) is 32.3 Å². The molecule has 0 saturated carbocycles. The lowest BCUT2D eigenvalue weighted by Gasteiger charge is -2.27. The smallest absolute Gasteiger partial charge is 0.138 e. The lowest BCUT2D eigenvalue weighted by Crippen LogP contribution is -2.22. The third-order valence-electron chi connectivity index (χ3n) is 4.71. The summed E-state index contributed by atoms with van der Waals surface area (Å²) in [6.07, 6.45) is 2.58. The summed E-state index contributed by atoms with van der Waals surface area (Å²) < 4.78 is 12.1. The highest BCUT2D eigenvalue weighted by molar-refractivity contribution is 5.57. The van der Waals surface area contributed by atoms with Crippen LogP contribution in [0.4, 0.5) is 0 Å². The minimum Gasteiger partial charge on any atom is -0.508 e. The van der Waals surface area contributed by atoms with Gasteiger partial charge in [-0.15, -0.1) is 0 Å². The van der Waals surface area contributed by atoms with Crippen LogP contribution < -0.4 is 9.47 Å². The molecule has 2 aromatic rings. The first-order valence-corrected chi connectivity index (χ1v) is 8.15. The minimum absolute atomic E-state index is 0.100. The van der Waals surface area contributed by atoms with Crippen LogP contribution in [-0.4, -0.2) is 16.8 Å². The van der Waals surface area contributed by atoms with Crippen molar-refractivity contribution in [1.82, 2.24) is 0 Å². The highest BCUT2D eigenvalue weighted by Crippen LogP contribution is 2.53. The second-order valence-corrected chi connectivity index (χ2v) is 6.65. The Bertz CT molecular complexity index is 834. The van der Waals surface area contributed by atoms with Gasteiger partial charge in [0, 0.05) is 22.8 Å². The molecule has 0 amide bonds. The van der Waals surface area contributed by atoms with Gasteiger partial charge in [0.1, 0.15) is 29.1 Å². The van der Waals surface area contributed by atoms with Crippen LogP contribution in [0.15, 0.2) is 42.0 Å². The summed E-state index contributed by atoms with van der Waals surface area (Å²) in [5, 5.41) is 19.9. The predicted molar refractivity (Wildman–Crippen MR) is 91.0 cm³/mol. The van der Waals surface area contributed by atoms with Crippen LogP contribution in [0.1, 0.15) is 42.6 Å². The SMILES string of the molecule is CC(C)=CCc1c(O)ccc2c1O[C@@H]1c3ccc(O)cc3OC[C@H]21. The average molecular weight is 324 g/mol. The van der Waals surface area contributed by atoms with Crippen molar-refractivity contribution < 1.29 is 19.7 Å². The zero-order chi connectivity index (χ0) is 16.8. The van der Waals surface area contributed by atoms with Gasteiger partial charge in [-0.2, -0.15) is 0 Å². The van der Waals surface area contributed by atoms with E-state index in [0.29, 0.717) is 18.8 Å². The lowest BCUT2D eigenvalue weighted by molar-refractivity contribution is 0.138. The minimum atomic E-state index is -0.142. The Morgan fingerprint density at radius 1 is 1.17 bits per heavy atom. The molecule has 2 N–H and O–H groups in total. The van der Waals surface area contributed by atoms with E-state index in [1.165, 1.54) is 5.57 Å². The van der Waals surface area contributed by atoms with Gasteiger partial charge >= 0.3 is 0 Å². The molecule has 0 bridgehead atoms. The molecule has 0 aliphatic carbocycles. The fourth-order valence-electron chi connectivity index (χ4n) is 3.46. The molecular formula is C20H20O4. The fraction of sp³-hybridized carbons (Fsp3) is 0.300. The summed E-state index contributed by atoms with van der Waals surface area (Å²) in [4.78, 5) is 0. The maximum atomic E-state index is 10.3. The van der Waals surface area contributed by atoms with E-state index in [-0.39, 0.29) is 23.5 Å². The molecule has 4 heteroatoms.